The lowest BCUT2D eigenvalue weighted by Crippen LogP contribution is -2.15. The van der Waals surface area contributed by atoms with Crippen LogP contribution in [0.4, 0.5) is 0 Å². The molecule has 4 N–H and O–H groups in total. The summed E-state index contributed by atoms with van der Waals surface area (Å²) < 4.78 is 0. The molecule has 14 heavy (non-hydrogen) atoms. The van der Waals surface area contributed by atoms with Gasteiger partial charge in [-0.3, -0.25) is 4.79 Å². The Morgan fingerprint density at radius 3 is 2.71 bits per heavy atom. The van der Waals surface area contributed by atoms with Crippen LogP contribution in [0.25, 0.3) is 0 Å². The van der Waals surface area contributed by atoms with Crippen LogP contribution in [-0.2, 0) is 4.79 Å². The molecule has 0 aromatic heterocycles. The maximum Gasteiger partial charge on any atom is 0.305 e. The molecule has 0 amide bonds. The molecule has 0 fully saturated rings. The quantitative estimate of drug-likeness (QED) is 0.676. The van der Waals surface area contributed by atoms with Crippen LogP contribution in [0.5, 0.6) is 5.75 Å². The Morgan fingerprint density at radius 1 is 1.57 bits per heavy atom. The van der Waals surface area contributed by atoms with Gasteiger partial charge in [0.2, 0.25) is 0 Å². The average Bonchev–Trinajstić information content (AvgIpc) is 2.01. The van der Waals surface area contributed by atoms with Gasteiger partial charge in [0, 0.05) is 6.04 Å². The lowest BCUT2D eigenvalue weighted by atomic mass is 9.99. The Kier molecular flexibility index (Phi) is 3.09. The number of aliphatic carboxylic acids is 1. The molecular weight excluding hydrogens is 182 g/mol. The SMILES string of the molecule is Cc1cc(O)ccc1[C@@H](N)CC(=O)O. The van der Waals surface area contributed by atoms with Crippen molar-refractivity contribution in [3.05, 3.63) is 29.3 Å². The molecule has 0 aliphatic rings. The first-order valence-corrected chi connectivity index (χ1v) is 4.27. The zero-order valence-corrected chi connectivity index (χ0v) is 7.90. The molecule has 4 heteroatoms. The Balaban J connectivity index is 2.90. The minimum Gasteiger partial charge on any atom is -0.508 e. The van der Waals surface area contributed by atoms with Gasteiger partial charge in [-0.05, 0) is 30.2 Å². The number of aryl methyl sites for hydroxylation is 1. The second-order valence-electron chi connectivity index (χ2n) is 3.25. The number of hydrogen-bond acceptors (Lipinski definition) is 3. The van der Waals surface area contributed by atoms with Crippen LogP contribution in [0, 0.1) is 6.92 Å². The van der Waals surface area contributed by atoms with Crippen molar-refractivity contribution in [3.8, 4) is 5.75 Å². The zero-order chi connectivity index (χ0) is 10.7. The number of carboxylic acids is 1. The molecule has 1 atom stereocenters. The molecule has 0 saturated carbocycles. The summed E-state index contributed by atoms with van der Waals surface area (Å²) in [5, 5.41) is 17.7. The van der Waals surface area contributed by atoms with Crippen LogP contribution in [-0.4, -0.2) is 16.2 Å². The largest absolute Gasteiger partial charge is 0.508 e. The summed E-state index contributed by atoms with van der Waals surface area (Å²) in [6.07, 6.45) is -0.106. The van der Waals surface area contributed by atoms with Crippen molar-refractivity contribution in [2.24, 2.45) is 5.73 Å². The fourth-order valence-electron chi connectivity index (χ4n) is 1.37. The summed E-state index contributed by atoms with van der Waals surface area (Å²) in [6.45, 7) is 1.79. The van der Waals surface area contributed by atoms with Crippen LogP contribution in [0.15, 0.2) is 18.2 Å². The number of phenolic OH excluding ortho intramolecular Hbond substituents is 1. The van der Waals surface area contributed by atoms with Crippen molar-refractivity contribution in [1.82, 2.24) is 0 Å². The molecule has 0 spiro atoms. The summed E-state index contributed by atoms with van der Waals surface area (Å²) in [4.78, 5) is 10.4. The Bertz CT molecular complexity index is 349. The summed E-state index contributed by atoms with van der Waals surface area (Å²) >= 11 is 0. The van der Waals surface area contributed by atoms with E-state index < -0.39 is 12.0 Å². The van der Waals surface area contributed by atoms with E-state index >= 15 is 0 Å². The van der Waals surface area contributed by atoms with E-state index in [4.69, 9.17) is 15.9 Å². The lowest BCUT2D eigenvalue weighted by Gasteiger charge is -2.12. The van der Waals surface area contributed by atoms with Gasteiger partial charge in [-0.15, -0.1) is 0 Å². The third kappa shape index (κ3) is 2.47. The number of aromatic hydroxyl groups is 1. The molecule has 4 nitrogen and oxygen atoms in total. The number of hydrogen-bond donors (Lipinski definition) is 3. The van der Waals surface area contributed by atoms with E-state index in [1.165, 1.54) is 6.07 Å². The smallest absolute Gasteiger partial charge is 0.305 e. The molecule has 0 bridgehead atoms. The van der Waals surface area contributed by atoms with Gasteiger partial charge in [0.15, 0.2) is 0 Å². The molecular formula is C10H13NO3. The van der Waals surface area contributed by atoms with Crippen molar-refractivity contribution in [2.75, 3.05) is 0 Å². The normalized spacial score (nSPS) is 12.4. The maximum atomic E-state index is 10.4. The first-order valence-electron chi connectivity index (χ1n) is 4.27. The summed E-state index contributed by atoms with van der Waals surface area (Å²) in [6, 6.07) is 4.20. The standard InChI is InChI=1S/C10H13NO3/c1-6-4-7(12)2-3-8(6)9(11)5-10(13)14/h2-4,9,12H,5,11H2,1H3,(H,13,14)/t9-/m0/s1. The van der Waals surface area contributed by atoms with Gasteiger partial charge in [0.05, 0.1) is 6.42 Å². The molecule has 1 aromatic carbocycles. The van der Waals surface area contributed by atoms with E-state index in [0.29, 0.717) is 0 Å². The lowest BCUT2D eigenvalue weighted by molar-refractivity contribution is -0.137. The Labute approximate surface area is 82.0 Å². The van der Waals surface area contributed by atoms with Crippen LogP contribution in [0.1, 0.15) is 23.6 Å². The predicted molar refractivity (Wildman–Crippen MR) is 52.0 cm³/mol. The number of carbonyl (C=O) groups is 1. The highest BCUT2D eigenvalue weighted by Gasteiger charge is 2.12. The fraction of sp³-hybridized carbons (Fsp3) is 0.300. The highest BCUT2D eigenvalue weighted by Crippen LogP contribution is 2.22. The van der Waals surface area contributed by atoms with Gasteiger partial charge in [0.1, 0.15) is 5.75 Å². The molecule has 0 aliphatic carbocycles. The second kappa shape index (κ2) is 4.11. The first-order chi connectivity index (χ1) is 6.50. The van der Waals surface area contributed by atoms with E-state index in [1.807, 2.05) is 0 Å². The number of nitrogens with two attached hydrogens (primary N) is 1. The summed E-state index contributed by atoms with van der Waals surface area (Å²) in [5.74, 6) is -0.765. The van der Waals surface area contributed by atoms with Crippen molar-refractivity contribution in [1.29, 1.82) is 0 Å². The molecule has 0 unspecified atom stereocenters. The minimum absolute atomic E-state index is 0.106. The maximum absolute atomic E-state index is 10.4. The van der Waals surface area contributed by atoms with Gasteiger partial charge < -0.3 is 15.9 Å². The number of benzene rings is 1. The van der Waals surface area contributed by atoms with E-state index in [2.05, 4.69) is 0 Å². The van der Waals surface area contributed by atoms with Gasteiger partial charge in [-0.1, -0.05) is 6.07 Å². The molecule has 76 valence electrons. The van der Waals surface area contributed by atoms with Crippen molar-refractivity contribution < 1.29 is 15.0 Å². The highest BCUT2D eigenvalue weighted by molar-refractivity contribution is 5.68. The second-order valence-corrected chi connectivity index (χ2v) is 3.25. The third-order valence-electron chi connectivity index (χ3n) is 2.05. The van der Waals surface area contributed by atoms with E-state index in [-0.39, 0.29) is 12.2 Å². The van der Waals surface area contributed by atoms with E-state index in [9.17, 15) is 4.79 Å². The first kappa shape index (κ1) is 10.5. The van der Waals surface area contributed by atoms with Crippen molar-refractivity contribution in [3.63, 3.8) is 0 Å². The van der Waals surface area contributed by atoms with Crippen molar-refractivity contribution >= 4 is 5.97 Å². The molecule has 0 radical (unpaired) electrons. The van der Waals surface area contributed by atoms with Gasteiger partial charge in [0.25, 0.3) is 0 Å². The molecule has 0 heterocycles. The van der Waals surface area contributed by atoms with Crippen LogP contribution in [0.3, 0.4) is 0 Å². The highest BCUT2D eigenvalue weighted by atomic mass is 16.4. The third-order valence-corrected chi connectivity index (χ3v) is 2.05. The number of rotatable bonds is 3. The molecule has 0 saturated heterocycles. The monoisotopic (exact) mass is 195 g/mol. The van der Waals surface area contributed by atoms with Gasteiger partial charge in [-0.25, -0.2) is 0 Å². The average molecular weight is 195 g/mol. The Morgan fingerprint density at radius 2 is 2.21 bits per heavy atom. The summed E-state index contributed by atoms with van der Waals surface area (Å²) in [7, 11) is 0. The minimum atomic E-state index is -0.926. The summed E-state index contributed by atoms with van der Waals surface area (Å²) in [5.41, 5.74) is 7.24. The topological polar surface area (TPSA) is 83.5 Å². The number of phenols is 1. The fourth-order valence-corrected chi connectivity index (χ4v) is 1.37. The molecule has 1 rings (SSSR count). The van der Waals surface area contributed by atoms with Crippen LogP contribution >= 0.6 is 0 Å². The molecule has 1 aromatic rings. The Hall–Kier alpha value is -1.55. The predicted octanol–water partition coefficient (Wildman–Crippen LogP) is 1.18. The van der Waals surface area contributed by atoms with Crippen molar-refractivity contribution in [2.45, 2.75) is 19.4 Å². The van der Waals surface area contributed by atoms with Gasteiger partial charge >= 0.3 is 5.97 Å². The van der Waals surface area contributed by atoms with Crippen LogP contribution < -0.4 is 5.73 Å². The van der Waals surface area contributed by atoms with Crippen LogP contribution in [0.2, 0.25) is 0 Å². The molecule has 0 aliphatic heterocycles. The number of carboxylic acid groups (broad SMARTS) is 1. The van der Waals surface area contributed by atoms with E-state index in [0.717, 1.165) is 11.1 Å². The van der Waals surface area contributed by atoms with E-state index in [1.54, 1.807) is 19.1 Å². The van der Waals surface area contributed by atoms with Gasteiger partial charge in [-0.2, -0.15) is 0 Å². The zero-order valence-electron chi connectivity index (χ0n) is 7.90.